The van der Waals surface area contributed by atoms with Crippen molar-refractivity contribution in [1.82, 2.24) is 4.98 Å². The summed E-state index contributed by atoms with van der Waals surface area (Å²) in [4.78, 5) is 4.51. The summed E-state index contributed by atoms with van der Waals surface area (Å²) in [5, 5.41) is 6.96. The first-order valence-corrected chi connectivity index (χ1v) is 9.23. The third kappa shape index (κ3) is 3.38. The Balaban J connectivity index is 1.82. The normalized spacial score (nSPS) is 10.9. The number of aromatic nitrogens is 1. The average molecular weight is 358 g/mol. The van der Waals surface area contributed by atoms with Gasteiger partial charge in [0, 0.05) is 34.4 Å². The fraction of sp³-hybridized carbons (Fsp3) is 0.174. The van der Waals surface area contributed by atoms with E-state index in [1.807, 2.05) is 38.2 Å². The SMILES string of the molecule is CCOc1cc2nccc(Nc3cccc4ccccc34)c2cc1OCC. The summed E-state index contributed by atoms with van der Waals surface area (Å²) in [5.74, 6) is 1.46. The van der Waals surface area contributed by atoms with Gasteiger partial charge < -0.3 is 14.8 Å². The highest BCUT2D eigenvalue weighted by molar-refractivity contribution is 6.00. The highest BCUT2D eigenvalue weighted by Gasteiger charge is 2.11. The first-order valence-electron chi connectivity index (χ1n) is 9.23. The minimum absolute atomic E-state index is 0.581. The Morgan fingerprint density at radius 3 is 2.30 bits per heavy atom. The van der Waals surface area contributed by atoms with Crippen LogP contribution in [0.1, 0.15) is 13.8 Å². The highest BCUT2D eigenvalue weighted by Crippen LogP contribution is 2.36. The van der Waals surface area contributed by atoms with Gasteiger partial charge >= 0.3 is 0 Å². The molecule has 4 aromatic rings. The number of pyridine rings is 1. The monoisotopic (exact) mass is 358 g/mol. The molecule has 27 heavy (non-hydrogen) atoms. The summed E-state index contributed by atoms with van der Waals surface area (Å²) in [6.45, 7) is 5.10. The number of hydrogen-bond donors (Lipinski definition) is 1. The average Bonchev–Trinajstić information content (AvgIpc) is 2.69. The lowest BCUT2D eigenvalue weighted by atomic mass is 10.1. The Morgan fingerprint density at radius 2 is 1.48 bits per heavy atom. The zero-order valence-electron chi connectivity index (χ0n) is 15.5. The molecule has 0 bridgehead atoms. The van der Waals surface area contributed by atoms with Crippen molar-refractivity contribution in [1.29, 1.82) is 0 Å². The van der Waals surface area contributed by atoms with E-state index in [-0.39, 0.29) is 0 Å². The van der Waals surface area contributed by atoms with E-state index in [0.29, 0.717) is 13.2 Å². The van der Waals surface area contributed by atoms with E-state index < -0.39 is 0 Å². The lowest BCUT2D eigenvalue weighted by Gasteiger charge is -2.15. The van der Waals surface area contributed by atoms with Crippen LogP contribution in [0.25, 0.3) is 21.7 Å². The molecule has 0 radical (unpaired) electrons. The molecular formula is C23H22N2O2. The lowest BCUT2D eigenvalue weighted by molar-refractivity contribution is 0.288. The van der Waals surface area contributed by atoms with Crippen LogP contribution in [-0.2, 0) is 0 Å². The second-order valence-electron chi connectivity index (χ2n) is 6.19. The summed E-state index contributed by atoms with van der Waals surface area (Å²) in [6.07, 6.45) is 1.81. The number of nitrogens with zero attached hydrogens (tertiary/aromatic N) is 1. The quantitative estimate of drug-likeness (QED) is 0.464. The van der Waals surface area contributed by atoms with Crippen molar-refractivity contribution in [2.45, 2.75) is 13.8 Å². The van der Waals surface area contributed by atoms with Gasteiger partial charge in [0.05, 0.1) is 18.7 Å². The number of nitrogens with one attached hydrogen (secondary N) is 1. The fourth-order valence-corrected chi connectivity index (χ4v) is 3.28. The maximum atomic E-state index is 5.79. The molecule has 0 atom stereocenters. The Bertz CT molecular complexity index is 1090. The number of anilines is 2. The van der Waals surface area contributed by atoms with Crippen molar-refractivity contribution >= 4 is 33.1 Å². The Morgan fingerprint density at radius 1 is 0.778 bits per heavy atom. The van der Waals surface area contributed by atoms with Gasteiger partial charge in [-0.25, -0.2) is 0 Å². The van der Waals surface area contributed by atoms with Gasteiger partial charge in [-0.15, -0.1) is 0 Å². The van der Waals surface area contributed by atoms with E-state index in [9.17, 15) is 0 Å². The van der Waals surface area contributed by atoms with E-state index in [2.05, 4.69) is 52.8 Å². The molecule has 0 saturated heterocycles. The Labute approximate surface area is 158 Å². The van der Waals surface area contributed by atoms with Crippen LogP contribution in [0.15, 0.2) is 66.9 Å². The van der Waals surface area contributed by atoms with E-state index in [1.54, 1.807) is 0 Å². The molecule has 0 aliphatic carbocycles. The summed E-state index contributed by atoms with van der Waals surface area (Å²) in [5.41, 5.74) is 2.92. The molecule has 0 fully saturated rings. The molecule has 0 aliphatic heterocycles. The maximum Gasteiger partial charge on any atom is 0.163 e. The predicted octanol–water partition coefficient (Wildman–Crippen LogP) is 5.93. The van der Waals surface area contributed by atoms with Gasteiger partial charge in [-0.1, -0.05) is 36.4 Å². The molecule has 0 amide bonds. The van der Waals surface area contributed by atoms with Crippen LogP contribution in [0.3, 0.4) is 0 Å². The van der Waals surface area contributed by atoms with Gasteiger partial charge in [0.1, 0.15) is 0 Å². The van der Waals surface area contributed by atoms with Gasteiger partial charge in [-0.3, -0.25) is 4.98 Å². The molecule has 1 aromatic heterocycles. The number of rotatable bonds is 6. The molecule has 4 heteroatoms. The van der Waals surface area contributed by atoms with Crippen molar-refractivity contribution in [2.24, 2.45) is 0 Å². The minimum Gasteiger partial charge on any atom is -0.490 e. The third-order valence-corrected chi connectivity index (χ3v) is 4.47. The summed E-state index contributed by atoms with van der Waals surface area (Å²) < 4.78 is 11.5. The van der Waals surface area contributed by atoms with Crippen molar-refractivity contribution in [3.63, 3.8) is 0 Å². The predicted molar refractivity (Wildman–Crippen MR) is 111 cm³/mol. The van der Waals surface area contributed by atoms with Crippen LogP contribution in [0.4, 0.5) is 11.4 Å². The second-order valence-corrected chi connectivity index (χ2v) is 6.19. The van der Waals surface area contributed by atoms with Crippen LogP contribution in [0, 0.1) is 0 Å². The largest absolute Gasteiger partial charge is 0.490 e. The van der Waals surface area contributed by atoms with E-state index in [0.717, 1.165) is 33.8 Å². The van der Waals surface area contributed by atoms with Crippen LogP contribution >= 0.6 is 0 Å². The molecule has 136 valence electrons. The lowest BCUT2D eigenvalue weighted by Crippen LogP contribution is -2.00. The van der Waals surface area contributed by atoms with Gasteiger partial charge in [-0.05, 0) is 37.4 Å². The van der Waals surface area contributed by atoms with E-state index in [4.69, 9.17) is 9.47 Å². The van der Waals surface area contributed by atoms with Crippen LogP contribution in [0.5, 0.6) is 11.5 Å². The summed E-state index contributed by atoms with van der Waals surface area (Å²) in [7, 11) is 0. The number of benzene rings is 3. The van der Waals surface area contributed by atoms with Crippen LogP contribution in [0.2, 0.25) is 0 Å². The van der Waals surface area contributed by atoms with Gasteiger partial charge in [-0.2, -0.15) is 0 Å². The van der Waals surface area contributed by atoms with Gasteiger partial charge in [0.25, 0.3) is 0 Å². The molecule has 4 nitrogen and oxygen atoms in total. The highest BCUT2D eigenvalue weighted by atomic mass is 16.5. The molecular weight excluding hydrogens is 336 g/mol. The zero-order chi connectivity index (χ0) is 18.6. The maximum absolute atomic E-state index is 5.79. The molecule has 4 rings (SSSR count). The number of fused-ring (bicyclic) bond motifs is 2. The molecule has 0 saturated carbocycles. The Kier molecular flexibility index (Phi) is 4.79. The molecule has 1 N–H and O–H groups in total. The van der Waals surface area contributed by atoms with Crippen molar-refractivity contribution in [3.05, 3.63) is 66.9 Å². The smallest absolute Gasteiger partial charge is 0.163 e. The molecule has 0 aliphatic rings. The Hall–Kier alpha value is -3.27. The zero-order valence-corrected chi connectivity index (χ0v) is 15.5. The fourth-order valence-electron chi connectivity index (χ4n) is 3.28. The number of hydrogen-bond acceptors (Lipinski definition) is 4. The molecule has 3 aromatic carbocycles. The summed E-state index contributed by atoms with van der Waals surface area (Å²) >= 11 is 0. The van der Waals surface area contributed by atoms with E-state index in [1.165, 1.54) is 10.8 Å². The number of ether oxygens (including phenoxy) is 2. The molecule has 0 unspecified atom stereocenters. The van der Waals surface area contributed by atoms with Crippen LogP contribution < -0.4 is 14.8 Å². The van der Waals surface area contributed by atoms with Crippen LogP contribution in [-0.4, -0.2) is 18.2 Å². The van der Waals surface area contributed by atoms with E-state index >= 15 is 0 Å². The van der Waals surface area contributed by atoms with Crippen molar-refractivity contribution in [2.75, 3.05) is 18.5 Å². The van der Waals surface area contributed by atoms with Crippen molar-refractivity contribution in [3.8, 4) is 11.5 Å². The second kappa shape index (κ2) is 7.54. The molecule has 0 spiro atoms. The van der Waals surface area contributed by atoms with Gasteiger partial charge in [0.15, 0.2) is 11.5 Å². The third-order valence-electron chi connectivity index (χ3n) is 4.47. The van der Waals surface area contributed by atoms with Crippen molar-refractivity contribution < 1.29 is 9.47 Å². The van der Waals surface area contributed by atoms with Gasteiger partial charge in [0.2, 0.25) is 0 Å². The first-order chi connectivity index (χ1) is 13.3. The molecule has 1 heterocycles. The first kappa shape index (κ1) is 17.2. The summed E-state index contributed by atoms with van der Waals surface area (Å²) in [6, 6.07) is 20.6. The minimum atomic E-state index is 0.581. The standard InChI is InChI=1S/C23H22N2O2/c1-3-26-22-14-18-20(12-13-24-21(18)15-23(22)27-4-2)25-19-11-7-9-16-8-5-6-10-17(16)19/h5-15H,3-4H2,1-2H3,(H,24,25). The topological polar surface area (TPSA) is 43.4 Å².